The Bertz CT molecular complexity index is 1290. The van der Waals surface area contributed by atoms with Crippen molar-refractivity contribution in [3.63, 3.8) is 0 Å². The molecule has 0 atom stereocenters. The van der Waals surface area contributed by atoms with Gasteiger partial charge in [0.05, 0.1) is 11.7 Å². The molecule has 7 heteroatoms. The summed E-state index contributed by atoms with van der Waals surface area (Å²) in [5.74, 6) is 1.15. The SMILES string of the molecule is O=C(Cn1cnc2sc3c(c2c1=O)CCCC3)Nc1ccc(Oc2ccccc2)cc1. The Balaban J connectivity index is 1.29. The third kappa shape index (κ3) is 4.09. The van der Waals surface area contributed by atoms with Gasteiger partial charge in [-0.15, -0.1) is 11.3 Å². The molecule has 2 heterocycles. The summed E-state index contributed by atoms with van der Waals surface area (Å²) in [5.41, 5.74) is 1.64. The van der Waals surface area contributed by atoms with Gasteiger partial charge in [0.15, 0.2) is 0 Å². The van der Waals surface area contributed by atoms with Crippen LogP contribution in [0.4, 0.5) is 5.69 Å². The number of hydrogen-bond donors (Lipinski definition) is 1. The van der Waals surface area contributed by atoms with Crippen molar-refractivity contribution in [3.05, 3.63) is 81.7 Å². The van der Waals surface area contributed by atoms with Crippen molar-refractivity contribution in [3.8, 4) is 11.5 Å². The van der Waals surface area contributed by atoms with Crippen LogP contribution in [0.3, 0.4) is 0 Å². The van der Waals surface area contributed by atoms with Crippen LogP contribution in [0.25, 0.3) is 10.2 Å². The van der Waals surface area contributed by atoms with E-state index in [1.54, 1.807) is 35.6 Å². The van der Waals surface area contributed by atoms with Crippen LogP contribution in [0.15, 0.2) is 65.7 Å². The van der Waals surface area contributed by atoms with Crippen LogP contribution >= 0.6 is 11.3 Å². The van der Waals surface area contributed by atoms with Crippen molar-refractivity contribution in [2.45, 2.75) is 32.2 Å². The fourth-order valence-corrected chi connectivity index (χ4v) is 5.10. The van der Waals surface area contributed by atoms with Gasteiger partial charge >= 0.3 is 0 Å². The van der Waals surface area contributed by atoms with Gasteiger partial charge in [-0.05, 0) is 67.6 Å². The van der Waals surface area contributed by atoms with Gasteiger partial charge in [0, 0.05) is 10.6 Å². The summed E-state index contributed by atoms with van der Waals surface area (Å²) in [6.07, 6.45) is 5.66. The quantitative estimate of drug-likeness (QED) is 0.494. The summed E-state index contributed by atoms with van der Waals surface area (Å²) in [5, 5.41) is 3.53. The minimum atomic E-state index is -0.274. The number of nitrogens with one attached hydrogen (secondary N) is 1. The van der Waals surface area contributed by atoms with Crippen LogP contribution in [0.5, 0.6) is 11.5 Å². The monoisotopic (exact) mass is 431 g/mol. The van der Waals surface area contributed by atoms with Crippen LogP contribution in [0, 0.1) is 0 Å². The van der Waals surface area contributed by atoms with E-state index in [0.717, 1.165) is 41.8 Å². The highest BCUT2D eigenvalue weighted by Crippen LogP contribution is 2.33. The standard InChI is InChI=1S/C24H21N3O3S/c28-21(26-16-10-12-18(13-11-16)30-17-6-2-1-3-7-17)14-27-15-25-23-22(24(27)29)19-8-4-5-9-20(19)31-23/h1-3,6-7,10-13,15H,4-5,8-9,14H2,(H,26,28). The molecule has 1 N–H and O–H groups in total. The Morgan fingerprint density at radius 3 is 2.58 bits per heavy atom. The Labute approximate surface area is 183 Å². The Morgan fingerprint density at radius 2 is 1.77 bits per heavy atom. The van der Waals surface area contributed by atoms with Crippen molar-refractivity contribution in [2.75, 3.05) is 5.32 Å². The number of para-hydroxylation sites is 1. The van der Waals surface area contributed by atoms with E-state index >= 15 is 0 Å². The van der Waals surface area contributed by atoms with Crippen LogP contribution in [0.2, 0.25) is 0 Å². The zero-order chi connectivity index (χ0) is 21.2. The average molecular weight is 432 g/mol. The van der Waals surface area contributed by atoms with E-state index in [9.17, 15) is 9.59 Å². The minimum absolute atomic E-state index is 0.0747. The molecule has 1 aliphatic rings. The lowest BCUT2D eigenvalue weighted by molar-refractivity contribution is -0.116. The maximum Gasteiger partial charge on any atom is 0.262 e. The summed E-state index contributed by atoms with van der Waals surface area (Å²) in [4.78, 5) is 32.0. The van der Waals surface area contributed by atoms with Crippen molar-refractivity contribution >= 4 is 33.1 Å². The lowest BCUT2D eigenvalue weighted by Crippen LogP contribution is -2.28. The largest absolute Gasteiger partial charge is 0.457 e. The Morgan fingerprint density at radius 1 is 1.03 bits per heavy atom. The van der Waals surface area contributed by atoms with Gasteiger partial charge in [0.25, 0.3) is 5.56 Å². The summed E-state index contributed by atoms with van der Waals surface area (Å²) in [6.45, 7) is -0.0747. The van der Waals surface area contributed by atoms with E-state index < -0.39 is 0 Å². The first-order valence-corrected chi connectivity index (χ1v) is 11.1. The molecule has 0 unspecified atom stereocenters. The van der Waals surface area contributed by atoms with Crippen molar-refractivity contribution in [1.29, 1.82) is 0 Å². The van der Waals surface area contributed by atoms with Crippen LogP contribution in [-0.4, -0.2) is 15.5 Å². The number of anilines is 1. The first-order chi connectivity index (χ1) is 15.2. The smallest absolute Gasteiger partial charge is 0.262 e. The van der Waals surface area contributed by atoms with Crippen molar-refractivity contribution in [2.24, 2.45) is 0 Å². The van der Waals surface area contributed by atoms with E-state index in [1.807, 2.05) is 30.3 Å². The predicted molar refractivity (Wildman–Crippen MR) is 122 cm³/mol. The number of nitrogens with zero attached hydrogens (tertiary/aromatic N) is 2. The van der Waals surface area contributed by atoms with Gasteiger partial charge in [-0.25, -0.2) is 4.98 Å². The number of ether oxygens (including phenoxy) is 1. The van der Waals surface area contributed by atoms with Crippen LogP contribution in [-0.2, 0) is 24.2 Å². The lowest BCUT2D eigenvalue weighted by Gasteiger charge is -2.11. The number of thiophene rings is 1. The van der Waals surface area contributed by atoms with Crippen molar-refractivity contribution < 1.29 is 9.53 Å². The number of amides is 1. The Kier molecular flexibility index (Phi) is 5.26. The molecule has 0 aliphatic heterocycles. The first-order valence-electron chi connectivity index (χ1n) is 10.3. The van der Waals surface area contributed by atoms with Gasteiger partial charge in [0.1, 0.15) is 22.9 Å². The molecule has 0 spiro atoms. The topological polar surface area (TPSA) is 73.2 Å². The maximum atomic E-state index is 13.0. The second kappa shape index (κ2) is 8.35. The van der Waals surface area contributed by atoms with Gasteiger partial charge < -0.3 is 10.1 Å². The van der Waals surface area contributed by atoms with Crippen LogP contribution < -0.4 is 15.6 Å². The molecule has 1 aliphatic carbocycles. The molecule has 0 bridgehead atoms. The molecule has 0 radical (unpaired) electrons. The highest BCUT2D eigenvalue weighted by molar-refractivity contribution is 7.18. The van der Waals surface area contributed by atoms with E-state index in [4.69, 9.17) is 4.74 Å². The second-order valence-corrected chi connectivity index (χ2v) is 8.64. The first kappa shape index (κ1) is 19.5. The number of hydrogen-bond acceptors (Lipinski definition) is 5. The molecule has 6 nitrogen and oxygen atoms in total. The molecule has 1 amide bonds. The molecule has 5 rings (SSSR count). The summed E-state index contributed by atoms with van der Waals surface area (Å²) >= 11 is 1.61. The second-order valence-electron chi connectivity index (χ2n) is 7.56. The molecule has 0 fully saturated rings. The number of carbonyl (C=O) groups excluding carboxylic acids is 1. The van der Waals surface area contributed by atoms with Gasteiger partial charge in [-0.2, -0.15) is 0 Å². The number of aromatic nitrogens is 2. The fourth-order valence-electron chi connectivity index (χ4n) is 3.88. The third-order valence-corrected chi connectivity index (χ3v) is 6.57. The normalized spacial score (nSPS) is 13.0. The molecule has 31 heavy (non-hydrogen) atoms. The maximum absolute atomic E-state index is 13.0. The summed E-state index contributed by atoms with van der Waals surface area (Å²) in [6, 6.07) is 16.6. The number of benzene rings is 2. The number of aryl methyl sites for hydroxylation is 2. The summed E-state index contributed by atoms with van der Waals surface area (Å²) < 4.78 is 7.16. The molecular formula is C24H21N3O3S. The molecule has 0 saturated heterocycles. The van der Waals surface area contributed by atoms with Gasteiger partial charge in [-0.3, -0.25) is 14.2 Å². The molecule has 156 valence electrons. The lowest BCUT2D eigenvalue weighted by atomic mass is 9.97. The number of fused-ring (bicyclic) bond motifs is 3. The average Bonchev–Trinajstić information content (AvgIpc) is 3.17. The third-order valence-electron chi connectivity index (χ3n) is 5.37. The van der Waals surface area contributed by atoms with Crippen molar-refractivity contribution in [1.82, 2.24) is 9.55 Å². The molecule has 4 aromatic rings. The van der Waals surface area contributed by atoms with E-state index in [-0.39, 0.29) is 18.0 Å². The predicted octanol–water partition coefficient (Wildman–Crippen LogP) is 4.77. The minimum Gasteiger partial charge on any atom is -0.457 e. The molecule has 2 aromatic heterocycles. The van der Waals surface area contributed by atoms with E-state index in [0.29, 0.717) is 16.8 Å². The highest BCUT2D eigenvalue weighted by atomic mass is 32.1. The molecule has 0 saturated carbocycles. The number of rotatable bonds is 5. The summed E-state index contributed by atoms with van der Waals surface area (Å²) in [7, 11) is 0. The zero-order valence-corrected chi connectivity index (χ0v) is 17.7. The number of carbonyl (C=O) groups is 1. The highest BCUT2D eigenvalue weighted by Gasteiger charge is 2.20. The molecule has 2 aromatic carbocycles. The molecular weight excluding hydrogens is 410 g/mol. The van der Waals surface area contributed by atoms with Crippen LogP contribution in [0.1, 0.15) is 23.3 Å². The van der Waals surface area contributed by atoms with E-state index in [2.05, 4.69) is 10.3 Å². The van der Waals surface area contributed by atoms with Gasteiger partial charge in [-0.1, -0.05) is 18.2 Å². The fraction of sp³-hybridized carbons (Fsp3) is 0.208. The Hall–Kier alpha value is -3.45. The van der Waals surface area contributed by atoms with E-state index in [1.165, 1.54) is 15.8 Å². The zero-order valence-electron chi connectivity index (χ0n) is 16.8. The van der Waals surface area contributed by atoms with Gasteiger partial charge in [0.2, 0.25) is 5.91 Å².